The summed E-state index contributed by atoms with van der Waals surface area (Å²) in [6, 6.07) is 4.98. The molecule has 0 fully saturated rings. The Morgan fingerprint density at radius 3 is 2.52 bits per heavy atom. The van der Waals surface area contributed by atoms with E-state index in [1.54, 1.807) is 25.2 Å². The van der Waals surface area contributed by atoms with E-state index in [1.165, 1.54) is 12.0 Å². The summed E-state index contributed by atoms with van der Waals surface area (Å²) in [5.41, 5.74) is 0.436. The number of carbonyl (C=O) groups is 2. The first-order chi connectivity index (χ1) is 10.8. The van der Waals surface area contributed by atoms with E-state index in [0.29, 0.717) is 29.6 Å². The van der Waals surface area contributed by atoms with E-state index in [0.717, 1.165) is 6.42 Å². The standard InChI is InChI=1S/C17H25NO5/c1-12(2)8-10-23-14-6-5-13(11-15(14)22-4)17(21)18(3)9-7-16(19)20/h5-6,11-12H,7-10H2,1-4H3,(H,19,20). The lowest BCUT2D eigenvalue weighted by Gasteiger charge is -2.17. The van der Waals surface area contributed by atoms with Crippen LogP contribution >= 0.6 is 0 Å². The molecule has 23 heavy (non-hydrogen) atoms. The Morgan fingerprint density at radius 1 is 1.26 bits per heavy atom. The summed E-state index contributed by atoms with van der Waals surface area (Å²) in [6.45, 7) is 4.98. The summed E-state index contributed by atoms with van der Waals surface area (Å²) in [5, 5.41) is 8.68. The Balaban J connectivity index is 2.77. The monoisotopic (exact) mass is 323 g/mol. The Kier molecular flexibility index (Phi) is 7.38. The molecule has 0 aliphatic rings. The molecule has 0 spiro atoms. The maximum atomic E-state index is 12.3. The van der Waals surface area contributed by atoms with Crippen molar-refractivity contribution in [1.82, 2.24) is 4.90 Å². The van der Waals surface area contributed by atoms with E-state index in [2.05, 4.69) is 13.8 Å². The maximum Gasteiger partial charge on any atom is 0.305 e. The molecule has 0 bridgehead atoms. The molecular weight excluding hydrogens is 298 g/mol. The van der Waals surface area contributed by atoms with Gasteiger partial charge in [-0.2, -0.15) is 0 Å². The van der Waals surface area contributed by atoms with Crippen LogP contribution in [0.25, 0.3) is 0 Å². The van der Waals surface area contributed by atoms with Crippen LogP contribution in [0.2, 0.25) is 0 Å². The van der Waals surface area contributed by atoms with Crippen molar-refractivity contribution in [3.05, 3.63) is 23.8 Å². The number of carboxylic acid groups (broad SMARTS) is 1. The van der Waals surface area contributed by atoms with Crippen LogP contribution in [0.5, 0.6) is 11.5 Å². The number of rotatable bonds is 9. The number of carbonyl (C=O) groups excluding carboxylic acids is 1. The van der Waals surface area contributed by atoms with Gasteiger partial charge in [0.1, 0.15) is 0 Å². The molecule has 0 aromatic heterocycles. The lowest BCUT2D eigenvalue weighted by molar-refractivity contribution is -0.137. The Hall–Kier alpha value is -2.24. The van der Waals surface area contributed by atoms with Crippen molar-refractivity contribution in [3.8, 4) is 11.5 Å². The molecular formula is C17H25NO5. The van der Waals surface area contributed by atoms with Crippen molar-refractivity contribution in [1.29, 1.82) is 0 Å². The van der Waals surface area contributed by atoms with E-state index in [9.17, 15) is 9.59 Å². The highest BCUT2D eigenvalue weighted by Crippen LogP contribution is 2.28. The van der Waals surface area contributed by atoms with Crippen LogP contribution in [0.1, 0.15) is 37.0 Å². The first-order valence-corrected chi connectivity index (χ1v) is 7.63. The molecule has 1 amide bonds. The summed E-state index contributed by atoms with van der Waals surface area (Å²) in [4.78, 5) is 24.2. The molecule has 0 unspecified atom stereocenters. The number of methoxy groups -OCH3 is 1. The van der Waals surface area contributed by atoms with Crippen molar-refractivity contribution >= 4 is 11.9 Å². The predicted molar refractivity (Wildman–Crippen MR) is 87.2 cm³/mol. The third-order valence-corrected chi connectivity index (χ3v) is 3.37. The first-order valence-electron chi connectivity index (χ1n) is 7.63. The highest BCUT2D eigenvalue weighted by atomic mass is 16.5. The second-order valence-corrected chi connectivity index (χ2v) is 5.77. The molecule has 0 atom stereocenters. The number of hydrogen-bond acceptors (Lipinski definition) is 4. The van der Waals surface area contributed by atoms with Crippen LogP contribution in [0.3, 0.4) is 0 Å². The lowest BCUT2D eigenvalue weighted by atomic mass is 10.1. The van der Waals surface area contributed by atoms with Crippen molar-refractivity contribution in [3.63, 3.8) is 0 Å². The number of aliphatic carboxylic acids is 1. The van der Waals surface area contributed by atoms with Crippen LogP contribution in [-0.4, -0.2) is 49.2 Å². The zero-order valence-corrected chi connectivity index (χ0v) is 14.2. The van der Waals surface area contributed by atoms with Crippen molar-refractivity contribution in [2.45, 2.75) is 26.7 Å². The molecule has 1 N–H and O–H groups in total. The maximum absolute atomic E-state index is 12.3. The summed E-state index contributed by atoms with van der Waals surface area (Å²) in [7, 11) is 3.10. The number of carboxylic acids is 1. The van der Waals surface area contributed by atoms with Gasteiger partial charge < -0.3 is 19.5 Å². The SMILES string of the molecule is COc1cc(C(=O)N(C)CCC(=O)O)ccc1OCCC(C)C. The van der Waals surface area contributed by atoms with E-state index in [4.69, 9.17) is 14.6 Å². The molecule has 1 aromatic rings. The van der Waals surface area contributed by atoms with Gasteiger partial charge in [-0.15, -0.1) is 0 Å². The average molecular weight is 323 g/mol. The zero-order valence-electron chi connectivity index (χ0n) is 14.2. The number of amides is 1. The quantitative estimate of drug-likeness (QED) is 0.756. The minimum atomic E-state index is -0.934. The van der Waals surface area contributed by atoms with Gasteiger partial charge in [-0.1, -0.05) is 13.8 Å². The molecule has 0 heterocycles. The topological polar surface area (TPSA) is 76.1 Å². The normalized spacial score (nSPS) is 10.5. The predicted octanol–water partition coefficient (Wildman–Crippen LogP) is 2.67. The van der Waals surface area contributed by atoms with Gasteiger partial charge in [-0.3, -0.25) is 9.59 Å². The van der Waals surface area contributed by atoms with Crippen molar-refractivity contribution in [2.75, 3.05) is 27.3 Å². The summed E-state index contributed by atoms with van der Waals surface area (Å²) < 4.78 is 11.0. The second-order valence-electron chi connectivity index (χ2n) is 5.77. The van der Waals surface area contributed by atoms with Crippen LogP contribution in [0.15, 0.2) is 18.2 Å². The minimum Gasteiger partial charge on any atom is -0.493 e. The van der Waals surface area contributed by atoms with Gasteiger partial charge in [0, 0.05) is 19.2 Å². The molecule has 0 saturated heterocycles. The fourth-order valence-corrected chi connectivity index (χ4v) is 1.91. The molecule has 128 valence electrons. The van der Waals surface area contributed by atoms with Crippen molar-refractivity contribution in [2.24, 2.45) is 5.92 Å². The van der Waals surface area contributed by atoms with E-state index >= 15 is 0 Å². The Labute approximate surface area is 137 Å². The van der Waals surface area contributed by atoms with Crippen LogP contribution in [-0.2, 0) is 4.79 Å². The van der Waals surface area contributed by atoms with Gasteiger partial charge in [0.15, 0.2) is 11.5 Å². The third kappa shape index (κ3) is 6.18. The Bertz CT molecular complexity index is 542. The van der Waals surface area contributed by atoms with Gasteiger partial charge in [-0.05, 0) is 30.5 Å². The van der Waals surface area contributed by atoms with E-state index in [1.807, 2.05) is 0 Å². The first kappa shape index (κ1) is 18.8. The molecule has 6 heteroatoms. The molecule has 0 aliphatic heterocycles. The smallest absolute Gasteiger partial charge is 0.305 e. The van der Waals surface area contributed by atoms with Gasteiger partial charge in [0.25, 0.3) is 5.91 Å². The number of hydrogen-bond donors (Lipinski definition) is 1. The fourth-order valence-electron chi connectivity index (χ4n) is 1.91. The number of ether oxygens (including phenoxy) is 2. The van der Waals surface area contributed by atoms with Crippen LogP contribution in [0.4, 0.5) is 0 Å². The third-order valence-electron chi connectivity index (χ3n) is 3.37. The van der Waals surface area contributed by atoms with Gasteiger partial charge in [0.05, 0.1) is 20.1 Å². The summed E-state index contributed by atoms with van der Waals surface area (Å²) in [6.07, 6.45) is 0.845. The number of nitrogens with zero attached hydrogens (tertiary/aromatic N) is 1. The highest BCUT2D eigenvalue weighted by molar-refractivity contribution is 5.94. The molecule has 1 rings (SSSR count). The van der Waals surface area contributed by atoms with Crippen molar-refractivity contribution < 1.29 is 24.2 Å². The molecule has 0 radical (unpaired) electrons. The molecule has 1 aromatic carbocycles. The Morgan fingerprint density at radius 2 is 1.96 bits per heavy atom. The summed E-state index contributed by atoms with van der Waals surface area (Å²) in [5.74, 6) is 0.447. The lowest BCUT2D eigenvalue weighted by Crippen LogP contribution is -2.29. The van der Waals surface area contributed by atoms with Gasteiger partial charge in [0.2, 0.25) is 0 Å². The fraction of sp³-hybridized carbons (Fsp3) is 0.529. The van der Waals surface area contributed by atoms with Gasteiger partial charge in [-0.25, -0.2) is 0 Å². The molecule has 0 saturated carbocycles. The molecule has 0 aliphatic carbocycles. The number of benzene rings is 1. The zero-order chi connectivity index (χ0) is 17.4. The average Bonchev–Trinajstić information content (AvgIpc) is 2.51. The van der Waals surface area contributed by atoms with Gasteiger partial charge >= 0.3 is 5.97 Å². The summed E-state index contributed by atoms with van der Waals surface area (Å²) >= 11 is 0. The van der Waals surface area contributed by atoms with Crippen LogP contribution < -0.4 is 9.47 Å². The van der Waals surface area contributed by atoms with E-state index < -0.39 is 5.97 Å². The minimum absolute atomic E-state index is 0.0875. The molecule has 6 nitrogen and oxygen atoms in total. The van der Waals surface area contributed by atoms with E-state index in [-0.39, 0.29) is 18.9 Å². The van der Waals surface area contributed by atoms with Crippen LogP contribution in [0, 0.1) is 5.92 Å². The highest BCUT2D eigenvalue weighted by Gasteiger charge is 2.15. The second kappa shape index (κ2) is 9.02. The largest absolute Gasteiger partial charge is 0.493 e.